The minimum Gasteiger partial charge on any atom is -0.496 e. The summed E-state index contributed by atoms with van der Waals surface area (Å²) < 4.78 is 5.29. The number of carbonyl (C=O) groups is 2. The van der Waals surface area contributed by atoms with Crippen LogP contribution in [-0.4, -0.2) is 37.0 Å². The highest BCUT2D eigenvalue weighted by atomic mass is 16.5. The van der Waals surface area contributed by atoms with E-state index in [-0.39, 0.29) is 17.5 Å². The van der Waals surface area contributed by atoms with Crippen LogP contribution in [0.4, 0.5) is 0 Å². The number of benzene rings is 1. The Morgan fingerprint density at radius 3 is 2.76 bits per heavy atom. The minimum absolute atomic E-state index is 0.194. The number of methoxy groups -OCH3 is 1. The Morgan fingerprint density at radius 2 is 2.00 bits per heavy atom. The molecule has 0 unspecified atom stereocenters. The summed E-state index contributed by atoms with van der Waals surface area (Å²) in [4.78, 5) is 28.1. The van der Waals surface area contributed by atoms with E-state index in [0.29, 0.717) is 25.1 Å². The summed E-state index contributed by atoms with van der Waals surface area (Å²) in [5.41, 5.74) is 1.60. The largest absolute Gasteiger partial charge is 0.496 e. The Labute approximate surface area is 146 Å². The lowest BCUT2D eigenvalue weighted by Crippen LogP contribution is -2.27. The summed E-state index contributed by atoms with van der Waals surface area (Å²) >= 11 is 0. The highest BCUT2D eigenvalue weighted by Crippen LogP contribution is 2.17. The molecule has 0 aliphatic heterocycles. The van der Waals surface area contributed by atoms with Crippen molar-refractivity contribution in [1.29, 1.82) is 0 Å². The van der Waals surface area contributed by atoms with Gasteiger partial charge in [-0.05, 0) is 30.2 Å². The summed E-state index contributed by atoms with van der Waals surface area (Å²) in [5.74, 6) is 0.195. The normalized spacial score (nSPS) is 9.96. The third-order valence-corrected chi connectivity index (χ3v) is 3.53. The molecule has 0 aliphatic carbocycles. The number of aromatic nitrogens is 1. The van der Waals surface area contributed by atoms with E-state index in [9.17, 15) is 9.59 Å². The van der Waals surface area contributed by atoms with Gasteiger partial charge in [0.25, 0.3) is 11.8 Å². The second kappa shape index (κ2) is 9.22. The maximum Gasteiger partial charge on any atom is 0.270 e. The van der Waals surface area contributed by atoms with Gasteiger partial charge in [-0.3, -0.25) is 14.6 Å². The molecule has 2 rings (SSSR count). The van der Waals surface area contributed by atoms with Crippen molar-refractivity contribution in [3.8, 4) is 5.75 Å². The molecular weight excluding hydrogens is 318 g/mol. The molecular formula is C19H21N3O3. The van der Waals surface area contributed by atoms with Crippen LogP contribution in [0.5, 0.6) is 5.75 Å². The molecule has 1 heterocycles. The SMILES string of the molecule is C=CCNC(=O)c1cc(C(=O)NCCc2ccccc2OC)ccn1. The van der Waals surface area contributed by atoms with Crippen LogP contribution in [0.15, 0.2) is 55.3 Å². The molecule has 1 aromatic heterocycles. The van der Waals surface area contributed by atoms with Gasteiger partial charge in [0.15, 0.2) is 0 Å². The first-order chi connectivity index (χ1) is 12.2. The van der Waals surface area contributed by atoms with Gasteiger partial charge in [-0.2, -0.15) is 0 Å². The fraction of sp³-hybridized carbons (Fsp3) is 0.211. The number of rotatable bonds is 8. The second-order valence-corrected chi connectivity index (χ2v) is 5.25. The molecule has 0 aliphatic rings. The maximum absolute atomic E-state index is 12.3. The number of pyridine rings is 1. The fourth-order valence-corrected chi connectivity index (χ4v) is 2.27. The van der Waals surface area contributed by atoms with E-state index in [2.05, 4.69) is 22.2 Å². The van der Waals surface area contributed by atoms with Crippen LogP contribution < -0.4 is 15.4 Å². The number of hydrogen-bond acceptors (Lipinski definition) is 4. The minimum atomic E-state index is -0.344. The van der Waals surface area contributed by atoms with E-state index in [1.807, 2.05) is 24.3 Å². The molecule has 0 saturated heterocycles. The zero-order valence-corrected chi connectivity index (χ0v) is 14.1. The van der Waals surface area contributed by atoms with Gasteiger partial charge in [0.2, 0.25) is 0 Å². The van der Waals surface area contributed by atoms with E-state index in [1.165, 1.54) is 12.3 Å². The lowest BCUT2D eigenvalue weighted by atomic mass is 10.1. The zero-order chi connectivity index (χ0) is 18.1. The third-order valence-electron chi connectivity index (χ3n) is 3.53. The Balaban J connectivity index is 1.94. The molecule has 2 amide bonds. The van der Waals surface area contributed by atoms with E-state index in [4.69, 9.17) is 4.74 Å². The highest BCUT2D eigenvalue weighted by Gasteiger charge is 2.11. The van der Waals surface area contributed by atoms with Gasteiger partial charge in [-0.25, -0.2) is 0 Å². The Kier molecular flexibility index (Phi) is 6.71. The van der Waals surface area contributed by atoms with Crippen LogP contribution in [0.3, 0.4) is 0 Å². The predicted molar refractivity (Wildman–Crippen MR) is 95.8 cm³/mol. The zero-order valence-electron chi connectivity index (χ0n) is 14.1. The fourth-order valence-electron chi connectivity index (χ4n) is 2.27. The summed E-state index contributed by atoms with van der Waals surface area (Å²) in [5, 5.41) is 5.46. The average Bonchev–Trinajstić information content (AvgIpc) is 2.66. The van der Waals surface area contributed by atoms with Crippen molar-refractivity contribution in [2.45, 2.75) is 6.42 Å². The Bertz CT molecular complexity index is 759. The van der Waals surface area contributed by atoms with Gasteiger partial charge in [-0.15, -0.1) is 6.58 Å². The second-order valence-electron chi connectivity index (χ2n) is 5.25. The number of amides is 2. The Hall–Kier alpha value is -3.15. The molecule has 0 saturated carbocycles. The van der Waals surface area contributed by atoms with Crippen molar-refractivity contribution in [3.05, 3.63) is 72.1 Å². The van der Waals surface area contributed by atoms with Crippen molar-refractivity contribution in [2.24, 2.45) is 0 Å². The molecule has 0 radical (unpaired) electrons. The molecule has 25 heavy (non-hydrogen) atoms. The average molecular weight is 339 g/mol. The van der Waals surface area contributed by atoms with Crippen LogP contribution in [0.2, 0.25) is 0 Å². The number of nitrogens with zero attached hydrogens (tertiary/aromatic N) is 1. The molecule has 6 heteroatoms. The Morgan fingerprint density at radius 1 is 1.20 bits per heavy atom. The van der Waals surface area contributed by atoms with Gasteiger partial charge in [0.1, 0.15) is 11.4 Å². The van der Waals surface area contributed by atoms with E-state index < -0.39 is 0 Å². The first-order valence-electron chi connectivity index (χ1n) is 7.91. The van der Waals surface area contributed by atoms with Crippen LogP contribution in [0.1, 0.15) is 26.4 Å². The van der Waals surface area contributed by atoms with Crippen molar-refractivity contribution in [3.63, 3.8) is 0 Å². The highest BCUT2D eigenvalue weighted by molar-refractivity contribution is 5.98. The van der Waals surface area contributed by atoms with Gasteiger partial charge >= 0.3 is 0 Å². The van der Waals surface area contributed by atoms with Crippen LogP contribution in [0, 0.1) is 0 Å². The molecule has 130 valence electrons. The van der Waals surface area contributed by atoms with Crippen LogP contribution in [-0.2, 0) is 6.42 Å². The maximum atomic E-state index is 12.3. The number of carbonyl (C=O) groups excluding carboxylic acids is 2. The van der Waals surface area contributed by atoms with Crippen molar-refractivity contribution < 1.29 is 14.3 Å². The van der Waals surface area contributed by atoms with Gasteiger partial charge in [0.05, 0.1) is 7.11 Å². The molecule has 0 atom stereocenters. The summed E-state index contributed by atoms with van der Waals surface area (Å²) in [7, 11) is 1.62. The van der Waals surface area contributed by atoms with Gasteiger partial charge in [-0.1, -0.05) is 24.3 Å². The molecule has 6 nitrogen and oxygen atoms in total. The van der Waals surface area contributed by atoms with Gasteiger partial charge in [0, 0.05) is 24.8 Å². The van der Waals surface area contributed by atoms with Crippen molar-refractivity contribution in [2.75, 3.05) is 20.2 Å². The molecule has 2 aromatic rings. The van der Waals surface area contributed by atoms with E-state index in [0.717, 1.165) is 11.3 Å². The number of para-hydroxylation sites is 1. The summed E-state index contributed by atoms with van der Waals surface area (Å²) in [6.45, 7) is 4.34. The number of ether oxygens (including phenoxy) is 1. The van der Waals surface area contributed by atoms with Gasteiger partial charge < -0.3 is 15.4 Å². The number of hydrogen-bond donors (Lipinski definition) is 2. The molecule has 1 aromatic carbocycles. The lowest BCUT2D eigenvalue weighted by Gasteiger charge is -2.09. The third kappa shape index (κ3) is 5.17. The lowest BCUT2D eigenvalue weighted by molar-refractivity contribution is 0.0953. The number of nitrogens with one attached hydrogen (secondary N) is 2. The van der Waals surface area contributed by atoms with Crippen molar-refractivity contribution in [1.82, 2.24) is 15.6 Å². The standard InChI is InChI=1S/C19H21N3O3/c1-3-10-21-19(24)16-13-15(9-11-20-16)18(23)22-12-8-14-6-4-5-7-17(14)25-2/h3-7,9,11,13H,1,8,10,12H2,2H3,(H,21,24)(H,22,23). The first kappa shape index (κ1) is 18.2. The molecule has 2 N–H and O–H groups in total. The quantitative estimate of drug-likeness (QED) is 0.721. The first-order valence-corrected chi connectivity index (χ1v) is 7.91. The molecule has 0 bridgehead atoms. The van der Waals surface area contributed by atoms with E-state index >= 15 is 0 Å². The monoisotopic (exact) mass is 339 g/mol. The molecule has 0 spiro atoms. The van der Waals surface area contributed by atoms with E-state index in [1.54, 1.807) is 19.3 Å². The topological polar surface area (TPSA) is 80.3 Å². The van der Waals surface area contributed by atoms with Crippen LogP contribution in [0.25, 0.3) is 0 Å². The van der Waals surface area contributed by atoms with Crippen molar-refractivity contribution >= 4 is 11.8 Å². The summed E-state index contributed by atoms with van der Waals surface area (Å²) in [6.07, 6.45) is 3.66. The summed E-state index contributed by atoms with van der Waals surface area (Å²) in [6, 6.07) is 10.7. The smallest absolute Gasteiger partial charge is 0.270 e. The predicted octanol–water partition coefficient (Wildman–Crippen LogP) is 1.98. The molecule has 0 fully saturated rings. The van der Waals surface area contributed by atoms with Crippen LogP contribution >= 0.6 is 0 Å².